The summed E-state index contributed by atoms with van der Waals surface area (Å²) < 4.78 is 0. The minimum absolute atomic E-state index is 0.251. The van der Waals surface area contributed by atoms with Crippen LogP contribution in [0.3, 0.4) is 0 Å². The van der Waals surface area contributed by atoms with Crippen LogP contribution in [0.4, 0.5) is 5.69 Å². The van der Waals surface area contributed by atoms with Crippen LogP contribution in [0.2, 0.25) is 0 Å². The van der Waals surface area contributed by atoms with Crippen molar-refractivity contribution in [3.63, 3.8) is 0 Å². The predicted octanol–water partition coefficient (Wildman–Crippen LogP) is 4.49. The van der Waals surface area contributed by atoms with Crippen molar-refractivity contribution in [1.82, 2.24) is 19.9 Å². The maximum Gasteiger partial charge on any atom is 0.225 e. The van der Waals surface area contributed by atoms with Gasteiger partial charge in [0.25, 0.3) is 0 Å². The first kappa shape index (κ1) is 20.0. The molecule has 1 aliphatic heterocycles. The Morgan fingerprint density at radius 3 is 2.55 bits per heavy atom. The van der Waals surface area contributed by atoms with Crippen LogP contribution in [0.1, 0.15) is 39.0 Å². The highest BCUT2D eigenvalue weighted by Gasteiger charge is 2.30. The fraction of sp³-hybridized carbons (Fsp3) is 0.480. The molecule has 0 unspecified atom stereocenters. The lowest BCUT2D eigenvalue weighted by atomic mass is 9.80. The van der Waals surface area contributed by atoms with Gasteiger partial charge < -0.3 is 14.8 Å². The van der Waals surface area contributed by atoms with Crippen LogP contribution in [-0.2, 0) is 4.79 Å². The van der Waals surface area contributed by atoms with Crippen molar-refractivity contribution in [3.05, 3.63) is 42.9 Å². The highest BCUT2D eigenvalue weighted by Crippen LogP contribution is 2.32. The normalized spacial score (nSPS) is 22.1. The van der Waals surface area contributed by atoms with Crippen LogP contribution in [0.15, 0.2) is 42.9 Å². The Morgan fingerprint density at radius 1 is 1.03 bits per heavy atom. The van der Waals surface area contributed by atoms with Gasteiger partial charge in [-0.2, -0.15) is 0 Å². The molecule has 3 aromatic rings. The summed E-state index contributed by atoms with van der Waals surface area (Å²) >= 11 is 0. The molecule has 2 fully saturated rings. The van der Waals surface area contributed by atoms with E-state index in [0.717, 1.165) is 72.9 Å². The van der Waals surface area contributed by atoms with E-state index in [1.165, 1.54) is 19.3 Å². The molecule has 1 saturated carbocycles. The van der Waals surface area contributed by atoms with Gasteiger partial charge in [-0.05, 0) is 55.9 Å². The lowest BCUT2D eigenvalue weighted by Gasteiger charge is -2.38. The van der Waals surface area contributed by atoms with Gasteiger partial charge in [-0.1, -0.05) is 13.3 Å². The van der Waals surface area contributed by atoms with Crippen LogP contribution in [0.25, 0.3) is 22.3 Å². The monoisotopic (exact) mass is 417 g/mol. The zero-order valence-corrected chi connectivity index (χ0v) is 18.3. The predicted molar refractivity (Wildman–Crippen MR) is 124 cm³/mol. The Kier molecular flexibility index (Phi) is 5.62. The second-order valence-electron chi connectivity index (χ2n) is 8.98. The number of anilines is 1. The summed E-state index contributed by atoms with van der Waals surface area (Å²) in [6, 6.07) is 8.33. The number of fused-ring (bicyclic) bond motifs is 1. The standard InChI is InChI=1S/C25H31N5O/c1-2-18-3-5-19(6-4-18)25(31)30-13-11-29(12-14-30)22-7-8-23(27-17-22)21-15-20-9-10-26-24(20)28-16-21/h7-10,15-19H,2-6,11-14H2,1H3,(H,26,28). The smallest absolute Gasteiger partial charge is 0.225 e. The Balaban J connectivity index is 1.18. The van der Waals surface area contributed by atoms with Crippen molar-refractivity contribution >= 4 is 22.6 Å². The van der Waals surface area contributed by atoms with Crippen molar-refractivity contribution in [2.24, 2.45) is 11.8 Å². The Morgan fingerprint density at radius 2 is 1.84 bits per heavy atom. The number of aromatic nitrogens is 3. The molecule has 0 radical (unpaired) electrons. The van der Waals surface area contributed by atoms with Gasteiger partial charge >= 0.3 is 0 Å². The van der Waals surface area contributed by atoms with E-state index in [-0.39, 0.29) is 5.92 Å². The number of nitrogens with one attached hydrogen (secondary N) is 1. The molecule has 5 rings (SSSR count). The van der Waals surface area contributed by atoms with Gasteiger partial charge in [0.2, 0.25) is 5.91 Å². The minimum atomic E-state index is 0.251. The molecule has 3 aromatic heterocycles. The van der Waals surface area contributed by atoms with Crippen LogP contribution in [0.5, 0.6) is 0 Å². The zero-order chi connectivity index (χ0) is 21.2. The fourth-order valence-corrected chi connectivity index (χ4v) is 5.08. The zero-order valence-electron chi connectivity index (χ0n) is 18.3. The first-order valence-corrected chi connectivity index (χ1v) is 11.6. The number of aromatic amines is 1. The third kappa shape index (κ3) is 4.16. The molecular formula is C25H31N5O. The fourth-order valence-electron chi connectivity index (χ4n) is 5.08. The van der Waals surface area contributed by atoms with Crippen LogP contribution >= 0.6 is 0 Å². The van der Waals surface area contributed by atoms with Gasteiger partial charge in [0, 0.05) is 55.4 Å². The number of hydrogen-bond acceptors (Lipinski definition) is 4. The highest BCUT2D eigenvalue weighted by molar-refractivity contribution is 5.81. The maximum absolute atomic E-state index is 13.0. The molecule has 4 heterocycles. The number of nitrogens with zero attached hydrogens (tertiary/aromatic N) is 4. The maximum atomic E-state index is 13.0. The molecule has 0 aromatic carbocycles. The van der Waals surface area contributed by atoms with Crippen molar-refractivity contribution in [2.75, 3.05) is 31.1 Å². The quantitative estimate of drug-likeness (QED) is 0.679. The number of pyridine rings is 2. The summed E-state index contributed by atoms with van der Waals surface area (Å²) in [5, 5.41) is 1.09. The minimum Gasteiger partial charge on any atom is -0.367 e. The molecule has 1 N–H and O–H groups in total. The third-order valence-corrected chi connectivity index (χ3v) is 7.17. The number of carbonyl (C=O) groups excluding carboxylic acids is 1. The van der Waals surface area contributed by atoms with E-state index in [0.29, 0.717) is 5.91 Å². The number of amides is 1. The summed E-state index contributed by atoms with van der Waals surface area (Å²) in [6.07, 6.45) is 11.6. The summed E-state index contributed by atoms with van der Waals surface area (Å²) in [7, 11) is 0. The number of H-pyrrole nitrogens is 1. The van der Waals surface area contributed by atoms with Crippen molar-refractivity contribution < 1.29 is 4.79 Å². The Hall–Kier alpha value is -2.89. The largest absolute Gasteiger partial charge is 0.367 e. The number of hydrogen-bond donors (Lipinski definition) is 1. The molecule has 6 heteroatoms. The van der Waals surface area contributed by atoms with E-state index in [4.69, 9.17) is 0 Å². The third-order valence-electron chi connectivity index (χ3n) is 7.17. The van der Waals surface area contributed by atoms with E-state index in [1.807, 2.05) is 24.7 Å². The highest BCUT2D eigenvalue weighted by atomic mass is 16.2. The lowest BCUT2D eigenvalue weighted by molar-refractivity contribution is -0.137. The van der Waals surface area contributed by atoms with E-state index in [1.54, 1.807) is 0 Å². The van der Waals surface area contributed by atoms with Crippen molar-refractivity contribution in [1.29, 1.82) is 0 Å². The molecule has 6 nitrogen and oxygen atoms in total. The van der Waals surface area contributed by atoms with Gasteiger partial charge in [0.15, 0.2) is 0 Å². The molecular weight excluding hydrogens is 386 g/mol. The molecule has 0 atom stereocenters. The Labute approximate surface area is 183 Å². The molecule has 2 aliphatic rings. The molecule has 162 valence electrons. The van der Waals surface area contributed by atoms with Gasteiger partial charge in [0.1, 0.15) is 5.65 Å². The number of piperazine rings is 1. The van der Waals surface area contributed by atoms with Crippen LogP contribution in [-0.4, -0.2) is 51.9 Å². The first-order chi connectivity index (χ1) is 15.2. The van der Waals surface area contributed by atoms with Gasteiger partial charge in [-0.25, -0.2) is 4.98 Å². The molecule has 1 amide bonds. The van der Waals surface area contributed by atoms with E-state index < -0.39 is 0 Å². The number of carbonyl (C=O) groups is 1. The lowest BCUT2D eigenvalue weighted by Crippen LogP contribution is -2.50. The van der Waals surface area contributed by atoms with Crippen molar-refractivity contribution in [2.45, 2.75) is 39.0 Å². The molecule has 0 spiro atoms. The summed E-state index contributed by atoms with van der Waals surface area (Å²) in [5.74, 6) is 1.47. The number of rotatable bonds is 4. The average molecular weight is 418 g/mol. The van der Waals surface area contributed by atoms with Gasteiger partial charge in [-0.15, -0.1) is 0 Å². The molecule has 1 saturated heterocycles. The topological polar surface area (TPSA) is 65.1 Å². The molecule has 1 aliphatic carbocycles. The second-order valence-corrected chi connectivity index (χ2v) is 8.98. The summed E-state index contributed by atoms with van der Waals surface area (Å²) in [5.41, 5.74) is 3.96. The SMILES string of the molecule is CCC1CCC(C(=O)N2CCN(c3ccc(-c4cnc5[nH]ccc5c4)nc3)CC2)CC1. The molecule has 0 bridgehead atoms. The van der Waals surface area contributed by atoms with Crippen LogP contribution in [0, 0.1) is 11.8 Å². The second kappa shape index (κ2) is 8.69. The van der Waals surface area contributed by atoms with Gasteiger partial charge in [0.05, 0.1) is 17.6 Å². The molecule has 31 heavy (non-hydrogen) atoms. The van der Waals surface area contributed by atoms with E-state index in [9.17, 15) is 4.79 Å². The first-order valence-electron chi connectivity index (χ1n) is 11.6. The van der Waals surface area contributed by atoms with Crippen molar-refractivity contribution in [3.8, 4) is 11.3 Å². The van der Waals surface area contributed by atoms with E-state index >= 15 is 0 Å². The van der Waals surface area contributed by atoms with Gasteiger partial charge in [-0.3, -0.25) is 9.78 Å². The van der Waals surface area contributed by atoms with E-state index in [2.05, 4.69) is 49.9 Å². The van der Waals surface area contributed by atoms with Crippen LogP contribution < -0.4 is 4.90 Å². The average Bonchev–Trinajstić information content (AvgIpc) is 3.32. The Bertz CT molecular complexity index is 1030. The summed E-state index contributed by atoms with van der Waals surface area (Å²) in [6.45, 7) is 5.62. The summed E-state index contributed by atoms with van der Waals surface area (Å²) in [4.78, 5) is 29.6.